The van der Waals surface area contributed by atoms with Gasteiger partial charge in [-0.15, -0.1) is 0 Å². The van der Waals surface area contributed by atoms with Crippen molar-refractivity contribution in [1.82, 2.24) is 10.2 Å². The third kappa shape index (κ3) is 2.96. The zero-order valence-electron chi connectivity index (χ0n) is 15.1. The van der Waals surface area contributed by atoms with Crippen LogP contribution in [0.4, 0.5) is 4.79 Å². The first-order chi connectivity index (χ1) is 12.2. The average Bonchev–Trinajstić information content (AvgIpc) is 2.61. The van der Waals surface area contributed by atoms with Gasteiger partial charge in [0.05, 0.1) is 0 Å². The van der Waals surface area contributed by atoms with E-state index in [1.807, 2.05) is 0 Å². The molecular formula is C22H30N2O. The highest BCUT2D eigenvalue weighted by Crippen LogP contribution is 2.55. The highest BCUT2D eigenvalue weighted by Gasteiger charge is 2.51. The predicted molar refractivity (Wildman–Crippen MR) is 99.4 cm³/mol. The molecule has 134 valence electrons. The van der Waals surface area contributed by atoms with E-state index < -0.39 is 0 Å². The minimum absolute atomic E-state index is 0.130. The number of hydrogen-bond acceptors (Lipinski definition) is 1. The molecule has 1 N–H and O–H groups in total. The number of benzene rings is 1. The van der Waals surface area contributed by atoms with Crippen molar-refractivity contribution in [3.8, 4) is 0 Å². The Bertz CT molecular complexity index is 605. The largest absolute Gasteiger partial charge is 0.333 e. The second-order valence-electron chi connectivity index (χ2n) is 9.32. The molecule has 1 atom stereocenters. The molecule has 3 heteroatoms. The van der Waals surface area contributed by atoms with Gasteiger partial charge in [0.25, 0.3) is 0 Å². The fourth-order valence-electron chi connectivity index (χ4n) is 6.73. The van der Waals surface area contributed by atoms with Gasteiger partial charge in [0.15, 0.2) is 0 Å². The Kier molecular flexibility index (Phi) is 3.79. The van der Waals surface area contributed by atoms with Crippen molar-refractivity contribution < 1.29 is 4.79 Å². The van der Waals surface area contributed by atoms with E-state index in [0.29, 0.717) is 5.92 Å². The summed E-state index contributed by atoms with van der Waals surface area (Å²) in [4.78, 5) is 15.2. The van der Waals surface area contributed by atoms with E-state index >= 15 is 0 Å². The number of urea groups is 1. The lowest BCUT2D eigenvalue weighted by Crippen LogP contribution is -2.62. The first-order valence-corrected chi connectivity index (χ1v) is 10.3. The zero-order chi connectivity index (χ0) is 16.9. The van der Waals surface area contributed by atoms with E-state index in [9.17, 15) is 4.79 Å². The maximum Gasteiger partial charge on any atom is 0.317 e. The number of amides is 2. The van der Waals surface area contributed by atoms with Crippen LogP contribution in [-0.2, 0) is 0 Å². The summed E-state index contributed by atoms with van der Waals surface area (Å²) in [6.07, 6.45) is 10.3. The van der Waals surface area contributed by atoms with E-state index in [4.69, 9.17) is 0 Å². The Hall–Kier alpha value is -1.51. The molecule has 1 saturated heterocycles. The Morgan fingerprint density at radius 2 is 1.64 bits per heavy atom. The Morgan fingerprint density at radius 1 is 1.00 bits per heavy atom. The molecule has 0 radical (unpaired) electrons. The molecule has 6 rings (SSSR count). The standard InChI is InChI=1S/C22H30N2O/c25-21(23-22-12-16-9-17(13-22)11-18(10-16)14-22)24-8-4-7-20(15-24)19-5-2-1-3-6-19/h1-3,5-6,16-18,20H,4,7-15H2,(H,23,25). The fraction of sp³-hybridized carbons (Fsp3) is 0.682. The molecule has 4 bridgehead atoms. The first-order valence-electron chi connectivity index (χ1n) is 10.3. The number of hydrogen-bond donors (Lipinski definition) is 1. The maximum atomic E-state index is 13.1. The van der Waals surface area contributed by atoms with Crippen molar-refractivity contribution in [2.24, 2.45) is 17.8 Å². The lowest BCUT2D eigenvalue weighted by molar-refractivity contribution is -0.0160. The van der Waals surface area contributed by atoms with Gasteiger partial charge in [-0.1, -0.05) is 30.3 Å². The summed E-state index contributed by atoms with van der Waals surface area (Å²) < 4.78 is 0. The number of nitrogens with one attached hydrogen (secondary N) is 1. The summed E-state index contributed by atoms with van der Waals surface area (Å²) >= 11 is 0. The molecule has 1 aromatic rings. The van der Waals surface area contributed by atoms with Gasteiger partial charge < -0.3 is 10.2 Å². The van der Waals surface area contributed by atoms with E-state index in [1.54, 1.807) is 0 Å². The summed E-state index contributed by atoms with van der Waals surface area (Å²) in [5, 5.41) is 3.55. The van der Waals surface area contributed by atoms with Gasteiger partial charge >= 0.3 is 6.03 Å². The molecule has 1 unspecified atom stereocenters. The Morgan fingerprint density at radius 3 is 2.28 bits per heavy atom. The number of likely N-dealkylation sites (tertiary alicyclic amines) is 1. The highest BCUT2D eigenvalue weighted by atomic mass is 16.2. The minimum atomic E-state index is 0.130. The fourth-order valence-corrected chi connectivity index (χ4v) is 6.73. The van der Waals surface area contributed by atoms with Crippen LogP contribution in [0.15, 0.2) is 30.3 Å². The van der Waals surface area contributed by atoms with Crippen LogP contribution < -0.4 is 5.32 Å². The summed E-state index contributed by atoms with van der Waals surface area (Å²) in [6.45, 7) is 1.80. The molecule has 1 aliphatic heterocycles. The molecule has 0 spiro atoms. The van der Waals surface area contributed by atoms with Gasteiger partial charge in [-0.3, -0.25) is 0 Å². The number of carbonyl (C=O) groups is 1. The number of rotatable bonds is 2. The summed E-state index contributed by atoms with van der Waals surface area (Å²) in [5.41, 5.74) is 1.51. The SMILES string of the molecule is O=C(NC12CC3CC(CC(C3)C1)C2)N1CCCC(c2ccccc2)C1. The van der Waals surface area contributed by atoms with E-state index in [1.165, 1.54) is 50.5 Å². The van der Waals surface area contributed by atoms with Crippen molar-refractivity contribution in [3.05, 3.63) is 35.9 Å². The van der Waals surface area contributed by atoms with Crippen LogP contribution in [0.1, 0.15) is 62.8 Å². The molecule has 25 heavy (non-hydrogen) atoms. The van der Waals surface area contributed by atoms with Crippen molar-refractivity contribution >= 4 is 6.03 Å². The molecule has 5 fully saturated rings. The van der Waals surface area contributed by atoms with Gasteiger partial charge in [0, 0.05) is 24.5 Å². The molecule has 2 amide bonds. The first kappa shape index (κ1) is 15.7. The van der Waals surface area contributed by atoms with Crippen molar-refractivity contribution in [1.29, 1.82) is 0 Å². The van der Waals surface area contributed by atoms with Crippen LogP contribution in [0.25, 0.3) is 0 Å². The van der Waals surface area contributed by atoms with Gasteiger partial charge in [-0.25, -0.2) is 4.79 Å². The molecular weight excluding hydrogens is 308 g/mol. The number of nitrogens with zero attached hydrogens (tertiary/aromatic N) is 1. The van der Waals surface area contributed by atoms with Crippen LogP contribution >= 0.6 is 0 Å². The molecule has 4 saturated carbocycles. The Labute approximate surface area is 151 Å². The molecule has 1 aromatic carbocycles. The van der Waals surface area contributed by atoms with Crippen molar-refractivity contribution in [3.63, 3.8) is 0 Å². The molecule has 3 nitrogen and oxygen atoms in total. The normalized spacial score (nSPS) is 39.4. The number of carbonyl (C=O) groups excluding carboxylic acids is 1. The zero-order valence-corrected chi connectivity index (χ0v) is 15.1. The number of piperidine rings is 1. The lowest BCUT2D eigenvalue weighted by atomic mass is 9.53. The van der Waals surface area contributed by atoms with Crippen LogP contribution in [0.5, 0.6) is 0 Å². The quantitative estimate of drug-likeness (QED) is 0.843. The molecule has 4 aliphatic carbocycles. The second kappa shape index (κ2) is 6.03. The van der Waals surface area contributed by atoms with Crippen molar-refractivity contribution in [2.75, 3.05) is 13.1 Å². The molecule has 0 aromatic heterocycles. The lowest BCUT2D eigenvalue weighted by Gasteiger charge is -2.57. The van der Waals surface area contributed by atoms with Crippen molar-refractivity contribution in [2.45, 2.75) is 62.8 Å². The maximum absolute atomic E-state index is 13.1. The second-order valence-corrected chi connectivity index (χ2v) is 9.32. The third-order valence-corrected chi connectivity index (χ3v) is 7.39. The van der Waals surface area contributed by atoms with Crippen LogP contribution in [0, 0.1) is 17.8 Å². The van der Waals surface area contributed by atoms with Crippen LogP contribution in [0.2, 0.25) is 0 Å². The Balaban J connectivity index is 1.27. The monoisotopic (exact) mass is 338 g/mol. The molecule has 1 heterocycles. The van der Waals surface area contributed by atoms with Crippen LogP contribution in [-0.4, -0.2) is 29.6 Å². The highest BCUT2D eigenvalue weighted by molar-refractivity contribution is 5.75. The molecule has 5 aliphatic rings. The summed E-state index contributed by atoms with van der Waals surface area (Å²) in [6, 6.07) is 10.9. The van der Waals surface area contributed by atoms with E-state index in [0.717, 1.165) is 37.3 Å². The van der Waals surface area contributed by atoms with Gasteiger partial charge in [0.2, 0.25) is 0 Å². The van der Waals surface area contributed by atoms with Gasteiger partial charge in [0.1, 0.15) is 0 Å². The smallest absolute Gasteiger partial charge is 0.317 e. The summed E-state index contributed by atoms with van der Waals surface area (Å²) in [5.74, 6) is 3.14. The average molecular weight is 338 g/mol. The summed E-state index contributed by atoms with van der Waals surface area (Å²) in [7, 11) is 0. The van der Waals surface area contributed by atoms with Crippen LogP contribution in [0.3, 0.4) is 0 Å². The topological polar surface area (TPSA) is 32.3 Å². The minimum Gasteiger partial charge on any atom is -0.333 e. The predicted octanol–water partition coefficient (Wildman–Crippen LogP) is 4.54. The van der Waals surface area contributed by atoms with E-state index in [2.05, 4.69) is 40.5 Å². The third-order valence-electron chi connectivity index (χ3n) is 7.39. The van der Waals surface area contributed by atoms with Gasteiger partial charge in [-0.05, 0) is 74.7 Å². The van der Waals surface area contributed by atoms with E-state index in [-0.39, 0.29) is 11.6 Å². The van der Waals surface area contributed by atoms with Gasteiger partial charge in [-0.2, -0.15) is 0 Å².